The van der Waals surface area contributed by atoms with Gasteiger partial charge in [-0.2, -0.15) is 0 Å². The Kier molecular flexibility index (Phi) is 5.20. The summed E-state index contributed by atoms with van der Waals surface area (Å²) >= 11 is 17.3. The molecule has 0 heterocycles. The third kappa shape index (κ3) is 3.98. The molecule has 118 valence electrons. The zero-order valence-electron chi connectivity index (χ0n) is 11.1. The van der Waals surface area contributed by atoms with E-state index >= 15 is 0 Å². The number of nitro benzene ring substituents is 1. The molecule has 0 atom stereocenters. The fourth-order valence-electron chi connectivity index (χ4n) is 1.60. The number of hydrogen-bond donors (Lipinski definition) is 0. The van der Waals surface area contributed by atoms with Crippen LogP contribution in [0, 0.1) is 10.1 Å². The summed E-state index contributed by atoms with van der Waals surface area (Å²) in [5.41, 5.74) is -0.446. The van der Waals surface area contributed by atoms with Crippen molar-refractivity contribution in [3.8, 4) is 0 Å². The van der Waals surface area contributed by atoms with Crippen molar-refractivity contribution < 1.29 is 19.2 Å². The van der Waals surface area contributed by atoms with Crippen LogP contribution in [0.1, 0.15) is 20.7 Å². The number of ether oxygens (including phenoxy) is 1. The van der Waals surface area contributed by atoms with Crippen molar-refractivity contribution >= 4 is 52.4 Å². The predicted octanol–water partition coefficient (Wildman–Crippen LogP) is 4.55. The fourth-order valence-corrected chi connectivity index (χ4v) is 2.15. The van der Waals surface area contributed by atoms with Gasteiger partial charge in [-0.15, -0.1) is 0 Å². The Labute approximate surface area is 144 Å². The first kappa shape index (κ1) is 17.2. The summed E-state index contributed by atoms with van der Waals surface area (Å²) in [6, 6.07) is 7.13. The van der Waals surface area contributed by atoms with Crippen LogP contribution in [0.25, 0.3) is 0 Å². The van der Waals surface area contributed by atoms with Crippen molar-refractivity contribution in [3.05, 3.63) is 72.7 Å². The first-order valence-corrected chi connectivity index (χ1v) is 7.08. The maximum atomic E-state index is 11.9. The topological polar surface area (TPSA) is 86.5 Å². The number of nitrogens with zero attached hydrogens (tertiary/aromatic N) is 1. The third-order valence-electron chi connectivity index (χ3n) is 2.72. The average molecular weight is 375 g/mol. The lowest BCUT2D eigenvalue weighted by molar-refractivity contribution is -0.384. The monoisotopic (exact) mass is 373 g/mol. The maximum absolute atomic E-state index is 11.9. The Bertz CT molecular complexity index is 822. The molecular weight excluding hydrogens is 369 g/mol. The quantitative estimate of drug-likeness (QED) is 0.340. The molecule has 0 saturated heterocycles. The van der Waals surface area contributed by atoms with Crippen LogP contribution in [0.3, 0.4) is 0 Å². The minimum Gasteiger partial charge on any atom is -0.386 e. The molecular formula is C14H6Cl3NO5. The lowest BCUT2D eigenvalue weighted by Crippen LogP contribution is -2.13. The molecule has 2 aromatic carbocycles. The second-order valence-corrected chi connectivity index (χ2v) is 5.45. The van der Waals surface area contributed by atoms with Crippen LogP contribution in [0.15, 0.2) is 36.4 Å². The van der Waals surface area contributed by atoms with Gasteiger partial charge in [-0.1, -0.05) is 34.8 Å². The van der Waals surface area contributed by atoms with Gasteiger partial charge in [-0.25, -0.2) is 9.59 Å². The largest absolute Gasteiger partial charge is 0.386 e. The Morgan fingerprint density at radius 3 is 2.17 bits per heavy atom. The average Bonchev–Trinajstić information content (AvgIpc) is 2.49. The fraction of sp³-hybridized carbons (Fsp3) is 0. The van der Waals surface area contributed by atoms with Gasteiger partial charge in [0.05, 0.1) is 31.1 Å². The van der Waals surface area contributed by atoms with Crippen LogP contribution >= 0.6 is 34.8 Å². The SMILES string of the molecule is O=C(OC(=O)c1ccc([N+](=O)[O-])cc1Cl)c1ccc(Cl)c(Cl)c1. The van der Waals surface area contributed by atoms with E-state index in [9.17, 15) is 19.7 Å². The molecule has 23 heavy (non-hydrogen) atoms. The molecule has 0 unspecified atom stereocenters. The van der Waals surface area contributed by atoms with Crippen molar-refractivity contribution in [3.63, 3.8) is 0 Å². The minimum absolute atomic E-state index is 0.0192. The van der Waals surface area contributed by atoms with E-state index in [1.54, 1.807) is 0 Å². The van der Waals surface area contributed by atoms with Gasteiger partial charge in [-0.3, -0.25) is 10.1 Å². The van der Waals surface area contributed by atoms with E-state index in [0.29, 0.717) is 0 Å². The number of benzene rings is 2. The van der Waals surface area contributed by atoms with E-state index in [1.807, 2.05) is 0 Å². The predicted molar refractivity (Wildman–Crippen MR) is 84.3 cm³/mol. The molecule has 9 heteroatoms. The number of carbonyl (C=O) groups is 2. The number of carbonyl (C=O) groups excluding carboxylic acids is 2. The van der Waals surface area contributed by atoms with Crippen LogP contribution in [0.2, 0.25) is 15.1 Å². The molecule has 0 amide bonds. The van der Waals surface area contributed by atoms with Crippen LogP contribution in [-0.4, -0.2) is 16.9 Å². The molecule has 0 fully saturated rings. The summed E-state index contributed by atoms with van der Waals surface area (Å²) in [6.45, 7) is 0. The number of rotatable bonds is 3. The summed E-state index contributed by atoms with van der Waals surface area (Å²) in [4.78, 5) is 33.8. The highest BCUT2D eigenvalue weighted by molar-refractivity contribution is 6.42. The Hall–Kier alpha value is -2.15. The van der Waals surface area contributed by atoms with Gasteiger partial charge in [0.25, 0.3) is 5.69 Å². The van der Waals surface area contributed by atoms with Crippen LogP contribution in [0.4, 0.5) is 5.69 Å². The normalized spacial score (nSPS) is 10.2. The lowest BCUT2D eigenvalue weighted by Gasteiger charge is -2.05. The van der Waals surface area contributed by atoms with Gasteiger partial charge >= 0.3 is 11.9 Å². The number of nitro groups is 1. The highest BCUT2D eigenvalue weighted by Gasteiger charge is 2.20. The van der Waals surface area contributed by atoms with Crippen molar-refractivity contribution in [1.29, 1.82) is 0 Å². The first-order valence-electron chi connectivity index (χ1n) is 5.95. The summed E-state index contributed by atoms with van der Waals surface area (Å²) in [5.74, 6) is -2.00. The van der Waals surface area contributed by atoms with Crippen molar-refractivity contribution in [2.24, 2.45) is 0 Å². The summed E-state index contributed by atoms with van der Waals surface area (Å²) in [7, 11) is 0. The van der Waals surface area contributed by atoms with E-state index in [1.165, 1.54) is 18.2 Å². The van der Waals surface area contributed by atoms with Gasteiger partial charge < -0.3 is 4.74 Å². The zero-order chi connectivity index (χ0) is 17.1. The highest BCUT2D eigenvalue weighted by atomic mass is 35.5. The van der Waals surface area contributed by atoms with E-state index in [-0.39, 0.29) is 31.9 Å². The number of esters is 2. The van der Waals surface area contributed by atoms with E-state index in [0.717, 1.165) is 18.2 Å². The number of hydrogen-bond acceptors (Lipinski definition) is 5. The molecule has 0 bridgehead atoms. The molecule has 0 aliphatic carbocycles. The summed E-state index contributed by atoms with van der Waals surface area (Å²) in [5, 5.41) is 10.8. The van der Waals surface area contributed by atoms with Gasteiger partial charge in [-0.05, 0) is 24.3 Å². The van der Waals surface area contributed by atoms with Gasteiger partial charge in [0.15, 0.2) is 0 Å². The maximum Gasteiger partial charge on any atom is 0.347 e. The summed E-state index contributed by atoms with van der Waals surface area (Å²) < 4.78 is 4.66. The van der Waals surface area contributed by atoms with Gasteiger partial charge in [0, 0.05) is 12.1 Å². The molecule has 0 radical (unpaired) electrons. The Balaban J connectivity index is 2.20. The number of halogens is 3. The van der Waals surface area contributed by atoms with Crippen LogP contribution < -0.4 is 0 Å². The molecule has 0 N–H and O–H groups in total. The lowest BCUT2D eigenvalue weighted by atomic mass is 10.2. The molecule has 2 rings (SSSR count). The Morgan fingerprint density at radius 1 is 0.913 bits per heavy atom. The molecule has 0 saturated carbocycles. The zero-order valence-corrected chi connectivity index (χ0v) is 13.4. The Morgan fingerprint density at radius 2 is 1.61 bits per heavy atom. The second-order valence-electron chi connectivity index (χ2n) is 4.23. The van der Waals surface area contributed by atoms with Crippen molar-refractivity contribution in [2.45, 2.75) is 0 Å². The van der Waals surface area contributed by atoms with E-state index in [2.05, 4.69) is 4.74 Å². The van der Waals surface area contributed by atoms with Crippen molar-refractivity contribution in [1.82, 2.24) is 0 Å². The third-order valence-corrected chi connectivity index (χ3v) is 3.78. The highest BCUT2D eigenvalue weighted by Crippen LogP contribution is 2.25. The molecule has 0 spiro atoms. The van der Waals surface area contributed by atoms with E-state index < -0.39 is 16.9 Å². The standard InChI is InChI=1S/C14H6Cl3NO5/c15-10-4-1-7(5-12(10)17)13(19)23-14(20)9-3-2-8(18(21)22)6-11(9)16/h1-6H. The molecule has 2 aromatic rings. The molecule has 0 aliphatic heterocycles. The van der Waals surface area contributed by atoms with E-state index in [4.69, 9.17) is 34.8 Å². The second kappa shape index (κ2) is 6.95. The van der Waals surface area contributed by atoms with Crippen molar-refractivity contribution in [2.75, 3.05) is 0 Å². The minimum atomic E-state index is -1.04. The van der Waals surface area contributed by atoms with Crippen LogP contribution in [0.5, 0.6) is 0 Å². The molecule has 0 aromatic heterocycles. The molecule has 0 aliphatic rings. The summed E-state index contributed by atoms with van der Waals surface area (Å²) in [6.07, 6.45) is 0. The van der Waals surface area contributed by atoms with Gasteiger partial charge in [0.1, 0.15) is 0 Å². The number of non-ortho nitro benzene ring substituents is 1. The first-order chi connectivity index (χ1) is 10.8. The van der Waals surface area contributed by atoms with Crippen LogP contribution in [-0.2, 0) is 4.74 Å². The molecule has 6 nitrogen and oxygen atoms in total. The van der Waals surface area contributed by atoms with Gasteiger partial charge in [0.2, 0.25) is 0 Å². The smallest absolute Gasteiger partial charge is 0.347 e.